The van der Waals surface area contributed by atoms with Crippen molar-refractivity contribution in [3.05, 3.63) is 84.4 Å². The Morgan fingerprint density at radius 2 is 1.58 bits per heavy atom. The summed E-state index contributed by atoms with van der Waals surface area (Å²) < 4.78 is 2.09. The molecule has 0 saturated heterocycles. The van der Waals surface area contributed by atoms with E-state index in [2.05, 4.69) is 21.3 Å². The van der Waals surface area contributed by atoms with E-state index in [0.717, 1.165) is 28.4 Å². The van der Waals surface area contributed by atoms with Gasteiger partial charge in [0.25, 0.3) is 5.91 Å². The molecule has 0 atom stereocenters. The van der Waals surface area contributed by atoms with Gasteiger partial charge in [-0.2, -0.15) is 0 Å². The summed E-state index contributed by atoms with van der Waals surface area (Å²) in [5.41, 5.74) is 4.47. The van der Waals surface area contributed by atoms with Crippen LogP contribution in [0.1, 0.15) is 10.4 Å². The molecule has 5 heteroatoms. The van der Waals surface area contributed by atoms with Gasteiger partial charge in [0.2, 0.25) is 5.95 Å². The summed E-state index contributed by atoms with van der Waals surface area (Å²) in [6.07, 6.45) is 0. The first kappa shape index (κ1) is 15.9. The van der Waals surface area contributed by atoms with Gasteiger partial charge < -0.3 is 10.6 Å². The highest BCUT2D eigenvalue weighted by Crippen LogP contribution is 2.26. The van der Waals surface area contributed by atoms with Crippen molar-refractivity contribution >= 4 is 28.6 Å². The van der Waals surface area contributed by atoms with E-state index in [0.29, 0.717) is 5.56 Å². The lowest BCUT2D eigenvalue weighted by atomic mass is 10.2. The van der Waals surface area contributed by atoms with Gasteiger partial charge in [-0.1, -0.05) is 30.3 Å². The number of hydrogen-bond donors (Lipinski definition) is 2. The minimum atomic E-state index is -0.104. The van der Waals surface area contributed by atoms with Gasteiger partial charge in [0.1, 0.15) is 0 Å². The van der Waals surface area contributed by atoms with Crippen LogP contribution in [0.15, 0.2) is 78.9 Å². The number of para-hydroxylation sites is 3. The molecule has 0 aliphatic rings. The molecular formula is C21H18N4O. The Hall–Kier alpha value is -3.60. The maximum atomic E-state index is 11.7. The molecule has 0 saturated carbocycles. The molecule has 0 unspecified atom stereocenters. The second-order valence-electron chi connectivity index (χ2n) is 5.88. The Labute approximate surface area is 151 Å². The van der Waals surface area contributed by atoms with Gasteiger partial charge in [-0.3, -0.25) is 9.36 Å². The lowest BCUT2D eigenvalue weighted by Crippen LogP contribution is -2.17. The Morgan fingerprint density at radius 1 is 0.885 bits per heavy atom. The van der Waals surface area contributed by atoms with Crippen molar-refractivity contribution in [3.63, 3.8) is 0 Å². The van der Waals surface area contributed by atoms with E-state index in [1.54, 1.807) is 19.2 Å². The molecule has 4 aromatic rings. The fourth-order valence-corrected chi connectivity index (χ4v) is 2.93. The predicted molar refractivity (Wildman–Crippen MR) is 104 cm³/mol. The number of carbonyl (C=O) groups excluding carboxylic acids is 1. The minimum absolute atomic E-state index is 0.104. The van der Waals surface area contributed by atoms with Crippen LogP contribution in [0.3, 0.4) is 0 Å². The first-order valence-electron chi connectivity index (χ1n) is 8.38. The molecule has 128 valence electrons. The van der Waals surface area contributed by atoms with Crippen molar-refractivity contribution in [2.75, 3.05) is 12.4 Å². The lowest BCUT2D eigenvalue weighted by Gasteiger charge is -2.11. The number of benzene rings is 3. The molecule has 0 aliphatic heterocycles. The van der Waals surface area contributed by atoms with Crippen molar-refractivity contribution in [2.24, 2.45) is 0 Å². The summed E-state index contributed by atoms with van der Waals surface area (Å²) >= 11 is 0. The number of fused-ring (bicyclic) bond motifs is 1. The molecule has 0 fully saturated rings. The van der Waals surface area contributed by atoms with Crippen molar-refractivity contribution in [3.8, 4) is 5.69 Å². The fraction of sp³-hybridized carbons (Fsp3) is 0.0476. The summed E-state index contributed by atoms with van der Waals surface area (Å²) in [4.78, 5) is 16.4. The third kappa shape index (κ3) is 2.91. The average molecular weight is 342 g/mol. The van der Waals surface area contributed by atoms with Gasteiger partial charge in [-0.15, -0.1) is 0 Å². The molecule has 1 amide bonds. The maximum Gasteiger partial charge on any atom is 0.251 e. The number of nitrogens with zero attached hydrogens (tertiary/aromatic N) is 2. The summed E-state index contributed by atoms with van der Waals surface area (Å²) in [5, 5.41) is 5.99. The van der Waals surface area contributed by atoms with E-state index in [4.69, 9.17) is 4.98 Å². The van der Waals surface area contributed by atoms with E-state index in [9.17, 15) is 4.79 Å². The molecule has 5 nitrogen and oxygen atoms in total. The number of rotatable bonds is 4. The van der Waals surface area contributed by atoms with Crippen LogP contribution in [0, 0.1) is 0 Å². The van der Waals surface area contributed by atoms with Crippen LogP contribution in [0.2, 0.25) is 0 Å². The second-order valence-corrected chi connectivity index (χ2v) is 5.88. The molecule has 0 spiro atoms. The van der Waals surface area contributed by atoms with Gasteiger partial charge in [0.05, 0.1) is 11.0 Å². The van der Waals surface area contributed by atoms with Crippen LogP contribution >= 0.6 is 0 Å². The molecule has 0 radical (unpaired) electrons. The zero-order valence-electron chi connectivity index (χ0n) is 14.3. The summed E-state index contributed by atoms with van der Waals surface area (Å²) in [5.74, 6) is 0.623. The van der Waals surface area contributed by atoms with Crippen molar-refractivity contribution in [2.45, 2.75) is 0 Å². The minimum Gasteiger partial charge on any atom is -0.355 e. The Kier molecular flexibility index (Phi) is 4.11. The summed E-state index contributed by atoms with van der Waals surface area (Å²) in [7, 11) is 1.62. The van der Waals surface area contributed by atoms with Crippen LogP contribution in [-0.4, -0.2) is 22.5 Å². The van der Waals surface area contributed by atoms with Gasteiger partial charge in [-0.25, -0.2) is 4.98 Å². The number of hydrogen-bond acceptors (Lipinski definition) is 3. The van der Waals surface area contributed by atoms with E-state index < -0.39 is 0 Å². The van der Waals surface area contributed by atoms with E-state index in [1.807, 2.05) is 60.7 Å². The molecule has 4 rings (SSSR count). The molecule has 26 heavy (non-hydrogen) atoms. The quantitative estimate of drug-likeness (QED) is 0.586. The van der Waals surface area contributed by atoms with Gasteiger partial charge in [-0.05, 0) is 48.5 Å². The highest BCUT2D eigenvalue weighted by molar-refractivity contribution is 5.94. The Balaban J connectivity index is 1.76. The van der Waals surface area contributed by atoms with Gasteiger partial charge in [0, 0.05) is 24.0 Å². The van der Waals surface area contributed by atoms with Crippen LogP contribution in [0.5, 0.6) is 0 Å². The average Bonchev–Trinajstić information content (AvgIpc) is 3.06. The predicted octanol–water partition coefficient (Wildman–Crippen LogP) is 4.13. The standard InChI is InChI=1S/C21H18N4O/c1-22-20(26)15-11-13-16(14-12-15)23-21-24-18-9-5-6-10-19(18)25(21)17-7-3-2-4-8-17/h2-14H,1H3,(H,22,26)(H,23,24). The van der Waals surface area contributed by atoms with Crippen molar-refractivity contribution < 1.29 is 4.79 Å². The van der Waals surface area contributed by atoms with Gasteiger partial charge >= 0.3 is 0 Å². The molecule has 1 heterocycles. The number of aromatic nitrogens is 2. The molecule has 0 bridgehead atoms. The third-order valence-corrected chi connectivity index (χ3v) is 4.21. The van der Waals surface area contributed by atoms with Crippen LogP contribution in [0.25, 0.3) is 16.7 Å². The zero-order valence-corrected chi connectivity index (χ0v) is 14.3. The van der Waals surface area contributed by atoms with Crippen LogP contribution in [0.4, 0.5) is 11.6 Å². The smallest absolute Gasteiger partial charge is 0.251 e. The number of carbonyl (C=O) groups is 1. The van der Waals surface area contributed by atoms with Crippen LogP contribution in [-0.2, 0) is 0 Å². The summed E-state index contributed by atoms with van der Waals surface area (Å²) in [6.45, 7) is 0. The molecule has 2 N–H and O–H groups in total. The van der Waals surface area contributed by atoms with Crippen molar-refractivity contribution in [1.29, 1.82) is 0 Å². The largest absolute Gasteiger partial charge is 0.355 e. The number of nitrogens with one attached hydrogen (secondary N) is 2. The zero-order chi connectivity index (χ0) is 17.9. The SMILES string of the molecule is CNC(=O)c1ccc(Nc2nc3ccccc3n2-c2ccccc2)cc1. The summed E-state index contributed by atoms with van der Waals surface area (Å²) in [6, 6.07) is 25.5. The first-order valence-corrected chi connectivity index (χ1v) is 8.38. The number of imidazole rings is 1. The Bertz CT molecular complexity index is 1050. The van der Waals surface area contributed by atoms with E-state index in [-0.39, 0.29) is 5.91 Å². The van der Waals surface area contributed by atoms with Crippen molar-refractivity contribution in [1.82, 2.24) is 14.9 Å². The third-order valence-electron chi connectivity index (χ3n) is 4.21. The molecule has 0 aliphatic carbocycles. The number of amides is 1. The van der Waals surface area contributed by atoms with Gasteiger partial charge in [0.15, 0.2) is 0 Å². The normalized spacial score (nSPS) is 10.7. The highest BCUT2D eigenvalue weighted by Gasteiger charge is 2.12. The van der Waals surface area contributed by atoms with E-state index >= 15 is 0 Å². The topological polar surface area (TPSA) is 59.0 Å². The second kappa shape index (κ2) is 6.72. The Morgan fingerprint density at radius 3 is 2.31 bits per heavy atom. The van der Waals surface area contributed by atoms with E-state index in [1.165, 1.54) is 0 Å². The lowest BCUT2D eigenvalue weighted by molar-refractivity contribution is 0.0963. The molecular weight excluding hydrogens is 324 g/mol. The molecule has 3 aromatic carbocycles. The molecule has 1 aromatic heterocycles. The monoisotopic (exact) mass is 342 g/mol. The highest BCUT2D eigenvalue weighted by atomic mass is 16.1. The fourth-order valence-electron chi connectivity index (χ4n) is 2.93. The maximum absolute atomic E-state index is 11.7. The van der Waals surface area contributed by atoms with Crippen LogP contribution < -0.4 is 10.6 Å². The number of anilines is 2. The first-order chi connectivity index (χ1) is 12.8.